The van der Waals surface area contributed by atoms with Crippen LogP contribution in [0, 0.1) is 0 Å². The Morgan fingerprint density at radius 2 is 1.58 bits per heavy atom. The first-order chi connectivity index (χ1) is 11.6. The summed E-state index contributed by atoms with van der Waals surface area (Å²) >= 11 is 5.81. The van der Waals surface area contributed by atoms with Crippen LogP contribution in [0.25, 0.3) is 0 Å². The van der Waals surface area contributed by atoms with Crippen molar-refractivity contribution < 1.29 is 14.3 Å². The smallest absolute Gasteiger partial charge is 0.306 e. The van der Waals surface area contributed by atoms with Crippen molar-refractivity contribution in [2.75, 3.05) is 13.2 Å². The summed E-state index contributed by atoms with van der Waals surface area (Å²) in [5.41, 5.74) is 2.15. The Morgan fingerprint density at radius 3 is 2.29 bits per heavy atom. The molecule has 0 bridgehead atoms. The lowest BCUT2D eigenvalue weighted by Crippen LogP contribution is -2.30. The molecule has 1 amide bonds. The van der Waals surface area contributed by atoms with Crippen molar-refractivity contribution >= 4 is 23.5 Å². The summed E-state index contributed by atoms with van der Waals surface area (Å²) in [7, 11) is 0. The molecule has 4 nitrogen and oxygen atoms in total. The zero-order valence-electron chi connectivity index (χ0n) is 13.3. The van der Waals surface area contributed by atoms with Crippen molar-refractivity contribution in [3.05, 3.63) is 70.7 Å². The second kappa shape index (κ2) is 9.73. The van der Waals surface area contributed by atoms with Crippen LogP contribution in [0.4, 0.5) is 0 Å². The molecule has 0 unspecified atom stereocenters. The van der Waals surface area contributed by atoms with Crippen LogP contribution >= 0.6 is 11.6 Å². The first kappa shape index (κ1) is 18.0. The van der Waals surface area contributed by atoms with Crippen molar-refractivity contribution in [1.82, 2.24) is 5.32 Å². The minimum atomic E-state index is -0.369. The third-order valence-corrected chi connectivity index (χ3v) is 3.73. The molecular formula is C19H20ClNO3. The predicted octanol–water partition coefficient (Wildman–Crippen LogP) is 3.17. The van der Waals surface area contributed by atoms with Gasteiger partial charge in [0, 0.05) is 18.0 Å². The van der Waals surface area contributed by atoms with Gasteiger partial charge in [0.05, 0.1) is 0 Å². The molecule has 2 aromatic carbocycles. The molecule has 2 aromatic rings. The Balaban J connectivity index is 1.58. The Hall–Kier alpha value is -2.33. The minimum Gasteiger partial charge on any atom is -0.456 e. The second-order valence-electron chi connectivity index (χ2n) is 5.37. The lowest BCUT2D eigenvalue weighted by molar-refractivity contribution is -0.148. The lowest BCUT2D eigenvalue weighted by atomic mass is 10.1. The van der Waals surface area contributed by atoms with Gasteiger partial charge in [-0.1, -0.05) is 54.1 Å². The molecule has 1 N–H and O–H groups in total. The van der Waals surface area contributed by atoms with E-state index in [9.17, 15) is 9.59 Å². The van der Waals surface area contributed by atoms with Crippen LogP contribution in [0.1, 0.15) is 17.5 Å². The Kier molecular flexibility index (Phi) is 7.30. The number of rotatable bonds is 8. The van der Waals surface area contributed by atoms with Gasteiger partial charge in [0.25, 0.3) is 5.91 Å². The molecule has 2 rings (SSSR count). The van der Waals surface area contributed by atoms with Gasteiger partial charge in [0.1, 0.15) is 0 Å². The highest BCUT2D eigenvalue weighted by molar-refractivity contribution is 6.30. The van der Waals surface area contributed by atoms with Gasteiger partial charge in [-0.3, -0.25) is 9.59 Å². The molecule has 0 fully saturated rings. The van der Waals surface area contributed by atoms with Gasteiger partial charge < -0.3 is 10.1 Å². The monoisotopic (exact) mass is 345 g/mol. The number of amides is 1. The summed E-state index contributed by atoms with van der Waals surface area (Å²) < 4.78 is 4.98. The summed E-state index contributed by atoms with van der Waals surface area (Å²) in [6, 6.07) is 17.1. The molecule has 0 aromatic heterocycles. The van der Waals surface area contributed by atoms with E-state index in [1.807, 2.05) is 54.6 Å². The first-order valence-electron chi connectivity index (χ1n) is 7.84. The number of benzene rings is 2. The highest BCUT2D eigenvalue weighted by Gasteiger charge is 2.07. The van der Waals surface area contributed by atoms with E-state index in [0.29, 0.717) is 24.4 Å². The van der Waals surface area contributed by atoms with E-state index in [1.165, 1.54) is 0 Å². The summed E-state index contributed by atoms with van der Waals surface area (Å²) in [6.45, 7) is 0.246. The predicted molar refractivity (Wildman–Crippen MR) is 93.9 cm³/mol. The van der Waals surface area contributed by atoms with E-state index in [2.05, 4.69) is 5.32 Å². The van der Waals surface area contributed by atoms with E-state index < -0.39 is 0 Å². The molecule has 0 saturated carbocycles. The number of nitrogens with one attached hydrogen (secondary N) is 1. The van der Waals surface area contributed by atoms with Crippen LogP contribution in [0.15, 0.2) is 54.6 Å². The molecule has 0 saturated heterocycles. The van der Waals surface area contributed by atoms with Crippen LogP contribution < -0.4 is 5.32 Å². The summed E-state index contributed by atoms with van der Waals surface area (Å²) in [5.74, 6) is -0.663. The third-order valence-electron chi connectivity index (χ3n) is 3.47. The summed E-state index contributed by atoms with van der Waals surface area (Å²) in [4.78, 5) is 23.3. The van der Waals surface area contributed by atoms with E-state index in [4.69, 9.17) is 16.3 Å². The van der Waals surface area contributed by atoms with Crippen LogP contribution in [-0.4, -0.2) is 25.0 Å². The van der Waals surface area contributed by atoms with E-state index in [1.54, 1.807) is 0 Å². The molecule has 0 aliphatic heterocycles. The van der Waals surface area contributed by atoms with Crippen molar-refractivity contribution in [3.8, 4) is 0 Å². The number of ether oxygens (including phenoxy) is 1. The fraction of sp³-hybridized carbons (Fsp3) is 0.263. The number of carbonyl (C=O) groups excluding carboxylic acids is 2. The van der Waals surface area contributed by atoms with Gasteiger partial charge >= 0.3 is 5.97 Å². The Labute approximate surface area is 146 Å². The topological polar surface area (TPSA) is 55.4 Å². The molecule has 126 valence electrons. The van der Waals surface area contributed by atoms with Crippen LogP contribution in [0.2, 0.25) is 5.02 Å². The minimum absolute atomic E-state index is 0.242. The van der Waals surface area contributed by atoms with E-state index in [-0.39, 0.29) is 24.9 Å². The van der Waals surface area contributed by atoms with Gasteiger partial charge in [0.15, 0.2) is 6.61 Å². The number of hydrogen-bond acceptors (Lipinski definition) is 3. The average Bonchev–Trinajstić information content (AvgIpc) is 2.61. The van der Waals surface area contributed by atoms with Gasteiger partial charge in [-0.25, -0.2) is 0 Å². The fourth-order valence-electron chi connectivity index (χ4n) is 2.16. The Morgan fingerprint density at radius 1 is 0.917 bits per heavy atom. The van der Waals surface area contributed by atoms with Crippen molar-refractivity contribution in [1.29, 1.82) is 0 Å². The van der Waals surface area contributed by atoms with Crippen LogP contribution in [0.3, 0.4) is 0 Å². The number of carbonyl (C=O) groups is 2. The van der Waals surface area contributed by atoms with Crippen LogP contribution in [0.5, 0.6) is 0 Å². The molecule has 0 aliphatic carbocycles. The maximum atomic E-state index is 11.7. The molecular weight excluding hydrogens is 326 g/mol. The molecule has 0 aliphatic rings. The SMILES string of the molecule is O=C(COC(=O)CCc1ccccc1)NCCc1ccc(Cl)cc1. The zero-order valence-corrected chi connectivity index (χ0v) is 14.1. The van der Waals surface area contributed by atoms with Crippen molar-refractivity contribution in [2.45, 2.75) is 19.3 Å². The number of esters is 1. The Bertz CT molecular complexity index is 656. The standard InChI is InChI=1S/C19H20ClNO3/c20-17-9-6-16(7-10-17)12-13-21-18(22)14-24-19(23)11-8-15-4-2-1-3-5-15/h1-7,9-10H,8,11-14H2,(H,21,22). The molecule has 0 radical (unpaired) electrons. The first-order valence-corrected chi connectivity index (χ1v) is 8.22. The number of aryl methyl sites for hydroxylation is 1. The van der Waals surface area contributed by atoms with Gasteiger partial charge in [-0.2, -0.15) is 0 Å². The van der Waals surface area contributed by atoms with Crippen molar-refractivity contribution in [2.24, 2.45) is 0 Å². The van der Waals surface area contributed by atoms with Gasteiger partial charge in [-0.15, -0.1) is 0 Å². The van der Waals surface area contributed by atoms with E-state index in [0.717, 1.165) is 11.1 Å². The quantitative estimate of drug-likeness (QED) is 0.748. The summed E-state index contributed by atoms with van der Waals surface area (Å²) in [5, 5.41) is 3.41. The molecule has 0 spiro atoms. The molecule has 24 heavy (non-hydrogen) atoms. The normalized spacial score (nSPS) is 10.2. The molecule has 5 heteroatoms. The van der Waals surface area contributed by atoms with Crippen LogP contribution in [-0.2, 0) is 27.2 Å². The van der Waals surface area contributed by atoms with Gasteiger partial charge in [0.2, 0.25) is 0 Å². The fourth-order valence-corrected chi connectivity index (χ4v) is 2.28. The zero-order chi connectivity index (χ0) is 17.2. The maximum absolute atomic E-state index is 11.7. The lowest BCUT2D eigenvalue weighted by Gasteiger charge is -2.07. The highest BCUT2D eigenvalue weighted by atomic mass is 35.5. The third kappa shape index (κ3) is 6.84. The summed E-state index contributed by atoms with van der Waals surface area (Å²) in [6.07, 6.45) is 1.57. The highest BCUT2D eigenvalue weighted by Crippen LogP contribution is 2.09. The van der Waals surface area contributed by atoms with Crippen molar-refractivity contribution in [3.63, 3.8) is 0 Å². The number of halogens is 1. The average molecular weight is 346 g/mol. The van der Waals surface area contributed by atoms with E-state index >= 15 is 0 Å². The second-order valence-corrected chi connectivity index (χ2v) is 5.81. The van der Waals surface area contributed by atoms with Gasteiger partial charge in [-0.05, 0) is 36.1 Å². The molecule has 0 atom stereocenters. The number of hydrogen-bond donors (Lipinski definition) is 1. The molecule has 0 heterocycles. The largest absolute Gasteiger partial charge is 0.456 e. The maximum Gasteiger partial charge on any atom is 0.306 e.